The van der Waals surface area contributed by atoms with Crippen molar-refractivity contribution in [1.29, 1.82) is 0 Å². The van der Waals surface area contributed by atoms with Gasteiger partial charge in [0.05, 0.1) is 14.2 Å². The molecule has 1 amide bonds. The lowest BCUT2D eigenvalue weighted by Crippen LogP contribution is -2.22. The number of methoxy groups -OCH3 is 2. The summed E-state index contributed by atoms with van der Waals surface area (Å²) in [6.45, 7) is 0.428. The Labute approximate surface area is 105 Å². The van der Waals surface area contributed by atoms with E-state index >= 15 is 0 Å². The molecule has 2 aromatic rings. The van der Waals surface area contributed by atoms with E-state index in [4.69, 9.17) is 4.74 Å². The van der Waals surface area contributed by atoms with E-state index in [0.717, 1.165) is 22.2 Å². The number of fused-ring (bicyclic) bond motifs is 1. The molecule has 18 heavy (non-hydrogen) atoms. The number of ether oxygens (including phenoxy) is 2. The fourth-order valence-electron chi connectivity index (χ4n) is 1.96. The van der Waals surface area contributed by atoms with E-state index in [1.165, 1.54) is 7.11 Å². The van der Waals surface area contributed by atoms with Crippen LogP contribution in [0.15, 0.2) is 24.4 Å². The van der Waals surface area contributed by atoms with Gasteiger partial charge in [-0.05, 0) is 23.8 Å². The SMILES string of the molecule is COC(=O)NCc1cn(C)c2ccc(OC)cc12. The van der Waals surface area contributed by atoms with Crippen molar-refractivity contribution in [1.82, 2.24) is 9.88 Å². The number of aryl methyl sites for hydroxylation is 1. The zero-order chi connectivity index (χ0) is 13.1. The van der Waals surface area contributed by atoms with Crippen molar-refractivity contribution >= 4 is 17.0 Å². The predicted octanol–water partition coefficient (Wildman–Crippen LogP) is 2.04. The number of hydrogen-bond donors (Lipinski definition) is 1. The standard InChI is InChI=1S/C13H16N2O3/c1-15-8-9(7-14-13(16)18-3)11-6-10(17-2)4-5-12(11)15/h4-6,8H,7H2,1-3H3,(H,14,16). The van der Waals surface area contributed by atoms with Crippen molar-refractivity contribution < 1.29 is 14.3 Å². The quantitative estimate of drug-likeness (QED) is 0.904. The van der Waals surface area contributed by atoms with Crippen molar-refractivity contribution in [3.05, 3.63) is 30.0 Å². The van der Waals surface area contributed by atoms with Gasteiger partial charge in [0.15, 0.2) is 0 Å². The molecule has 2 rings (SSSR count). The molecule has 0 atom stereocenters. The molecule has 0 saturated heterocycles. The Balaban J connectivity index is 2.34. The average Bonchev–Trinajstić information content (AvgIpc) is 2.72. The molecule has 1 heterocycles. The molecular weight excluding hydrogens is 232 g/mol. The van der Waals surface area contributed by atoms with E-state index in [2.05, 4.69) is 10.1 Å². The monoisotopic (exact) mass is 248 g/mol. The lowest BCUT2D eigenvalue weighted by Gasteiger charge is -2.03. The Morgan fingerprint density at radius 3 is 2.83 bits per heavy atom. The van der Waals surface area contributed by atoms with Crippen LogP contribution < -0.4 is 10.1 Å². The van der Waals surface area contributed by atoms with Crippen LogP contribution in [0.25, 0.3) is 10.9 Å². The van der Waals surface area contributed by atoms with Gasteiger partial charge in [-0.2, -0.15) is 0 Å². The largest absolute Gasteiger partial charge is 0.497 e. The molecule has 0 saturated carbocycles. The first-order valence-electron chi connectivity index (χ1n) is 5.59. The number of hydrogen-bond acceptors (Lipinski definition) is 3. The number of rotatable bonds is 3. The molecule has 1 N–H and O–H groups in total. The highest BCUT2D eigenvalue weighted by atomic mass is 16.5. The topological polar surface area (TPSA) is 52.5 Å². The third-order valence-corrected chi connectivity index (χ3v) is 2.89. The molecule has 5 heteroatoms. The Morgan fingerprint density at radius 2 is 2.17 bits per heavy atom. The van der Waals surface area contributed by atoms with Crippen molar-refractivity contribution in [3.8, 4) is 5.75 Å². The average molecular weight is 248 g/mol. The second-order valence-corrected chi connectivity index (χ2v) is 3.99. The van der Waals surface area contributed by atoms with Crippen LogP contribution in [0.3, 0.4) is 0 Å². The molecule has 0 aliphatic heterocycles. The molecule has 0 unspecified atom stereocenters. The predicted molar refractivity (Wildman–Crippen MR) is 68.7 cm³/mol. The Bertz CT molecular complexity index is 575. The molecule has 1 aromatic heterocycles. The first-order chi connectivity index (χ1) is 8.65. The summed E-state index contributed by atoms with van der Waals surface area (Å²) >= 11 is 0. The van der Waals surface area contributed by atoms with E-state index < -0.39 is 6.09 Å². The number of amides is 1. The number of alkyl carbamates (subject to hydrolysis) is 1. The maximum atomic E-state index is 11.1. The zero-order valence-electron chi connectivity index (χ0n) is 10.7. The summed E-state index contributed by atoms with van der Waals surface area (Å²) in [4.78, 5) is 11.1. The minimum atomic E-state index is -0.435. The summed E-state index contributed by atoms with van der Waals surface area (Å²) in [6.07, 6.45) is 1.55. The molecular formula is C13H16N2O3. The molecule has 0 aliphatic rings. The highest BCUT2D eigenvalue weighted by Crippen LogP contribution is 2.25. The van der Waals surface area contributed by atoms with Crippen LogP contribution in [0, 0.1) is 0 Å². The van der Waals surface area contributed by atoms with E-state index in [0.29, 0.717) is 6.54 Å². The number of carbonyl (C=O) groups is 1. The molecule has 0 fully saturated rings. The normalized spacial score (nSPS) is 10.4. The first-order valence-corrected chi connectivity index (χ1v) is 5.59. The Kier molecular flexibility index (Phi) is 3.41. The lowest BCUT2D eigenvalue weighted by molar-refractivity contribution is 0.170. The van der Waals surface area contributed by atoms with Crippen LogP contribution in [-0.2, 0) is 18.3 Å². The summed E-state index contributed by atoms with van der Waals surface area (Å²) in [7, 11) is 4.95. The Morgan fingerprint density at radius 1 is 1.39 bits per heavy atom. The van der Waals surface area contributed by atoms with Gasteiger partial charge in [0.25, 0.3) is 0 Å². The van der Waals surface area contributed by atoms with E-state index in [1.807, 2.05) is 36.0 Å². The summed E-state index contributed by atoms with van der Waals surface area (Å²) in [6, 6.07) is 5.87. The van der Waals surface area contributed by atoms with Crippen LogP contribution >= 0.6 is 0 Å². The molecule has 5 nitrogen and oxygen atoms in total. The van der Waals surface area contributed by atoms with E-state index in [1.54, 1.807) is 7.11 Å². The lowest BCUT2D eigenvalue weighted by atomic mass is 10.1. The number of carbonyl (C=O) groups excluding carboxylic acids is 1. The van der Waals surface area contributed by atoms with Crippen LogP contribution in [-0.4, -0.2) is 24.9 Å². The van der Waals surface area contributed by atoms with Gasteiger partial charge in [-0.25, -0.2) is 4.79 Å². The number of aromatic nitrogens is 1. The van der Waals surface area contributed by atoms with Gasteiger partial charge in [-0.1, -0.05) is 0 Å². The second-order valence-electron chi connectivity index (χ2n) is 3.99. The molecule has 0 bridgehead atoms. The Hall–Kier alpha value is -2.17. The third-order valence-electron chi connectivity index (χ3n) is 2.89. The van der Waals surface area contributed by atoms with Crippen LogP contribution in [0.1, 0.15) is 5.56 Å². The highest BCUT2D eigenvalue weighted by molar-refractivity contribution is 5.85. The van der Waals surface area contributed by atoms with Gasteiger partial charge in [-0.3, -0.25) is 0 Å². The van der Waals surface area contributed by atoms with Gasteiger partial charge in [-0.15, -0.1) is 0 Å². The van der Waals surface area contributed by atoms with Crippen LogP contribution in [0.5, 0.6) is 5.75 Å². The molecule has 0 aliphatic carbocycles. The number of benzene rings is 1. The summed E-state index contributed by atoms with van der Waals surface area (Å²) in [5, 5.41) is 3.74. The van der Waals surface area contributed by atoms with Gasteiger partial charge in [0, 0.05) is 30.7 Å². The zero-order valence-corrected chi connectivity index (χ0v) is 10.7. The fourth-order valence-corrected chi connectivity index (χ4v) is 1.96. The molecule has 96 valence electrons. The summed E-state index contributed by atoms with van der Waals surface area (Å²) < 4.78 is 11.8. The van der Waals surface area contributed by atoms with E-state index in [9.17, 15) is 4.79 Å². The van der Waals surface area contributed by atoms with Gasteiger partial charge >= 0.3 is 6.09 Å². The van der Waals surface area contributed by atoms with Crippen molar-refractivity contribution in [2.24, 2.45) is 7.05 Å². The smallest absolute Gasteiger partial charge is 0.407 e. The third kappa shape index (κ3) is 2.25. The highest BCUT2D eigenvalue weighted by Gasteiger charge is 2.09. The fraction of sp³-hybridized carbons (Fsp3) is 0.308. The van der Waals surface area contributed by atoms with Crippen molar-refractivity contribution in [2.75, 3.05) is 14.2 Å². The maximum absolute atomic E-state index is 11.1. The molecule has 1 aromatic carbocycles. The molecule has 0 spiro atoms. The summed E-state index contributed by atoms with van der Waals surface area (Å²) in [5.41, 5.74) is 2.12. The van der Waals surface area contributed by atoms with Crippen LogP contribution in [0.4, 0.5) is 4.79 Å². The number of nitrogens with one attached hydrogen (secondary N) is 1. The van der Waals surface area contributed by atoms with E-state index in [-0.39, 0.29) is 0 Å². The van der Waals surface area contributed by atoms with Crippen LogP contribution in [0.2, 0.25) is 0 Å². The minimum absolute atomic E-state index is 0.428. The second kappa shape index (κ2) is 5.00. The van der Waals surface area contributed by atoms with Gasteiger partial charge in [0.1, 0.15) is 5.75 Å². The van der Waals surface area contributed by atoms with Gasteiger partial charge in [0.2, 0.25) is 0 Å². The van der Waals surface area contributed by atoms with Gasteiger partial charge < -0.3 is 19.4 Å². The molecule has 0 radical (unpaired) electrons. The minimum Gasteiger partial charge on any atom is -0.497 e. The number of nitrogens with zero attached hydrogens (tertiary/aromatic N) is 1. The maximum Gasteiger partial charge on any atom is 0.407 e. The van der Waals surface area contributed by atoms with Crippen molar-refractivity contribution in [3.63, 3.8) is 0 Å². The summed E-state index contributed by atoms with van der Waals surface area (Å²) in [5.74, 6) is 0.799. The van der Waals surface area contributed by atoms with Crippen molar-refractivity contribution in [2.45, 2.75) is 6.54 Å². The first kappa shape index (κ1) is 12.3.